The second-order valence-electron chi connectivity index (χ2n) is 8.49. The molecule has 2 saturated heterocycles. The first-order chi connectivity index (χ1) is 17.0. The summed E-state index contributed by atoms with van der Waals surface area (Å²) in [5.74, 6) is 1.12. The second-order valence-corrected chi connectivity index (χ2v) is 8.49. The molecule has 0 bridgehead atoms. The highest BCUT2D eigenvalue weighted by molar-refractivity contribution is 5.90. The van der Waals surface area contributed by atoms with E-state index in [2.05, 4.69) is 32.8 Å². The Morgan fingerprint density at radius 3 is 2.57 bits per heavy atom. The molecule has 11 heteroatoms. The number of amides is 2. The average molecular weight is 473 g/mol. The molecule has 5 heterocycles. The molecule has 0 spiro atoms. The van der Waals surface area contributed by atoms with Crippen LogP contribution in [-0.2, 0) is 9.59 Å². The number of likely N-dealkylation sites (tertiary alicyclic amines) is 1. The first-order valence-corrected chi connectivity index (χ1v) is 11.3. The van der Waals surface area contributed by atoms with Gasteiger partial charge < -0.3 is 19.4 Å². The van der Waals surface area contributed by atoms with Gasteiger partial charge in [-0.2, -0.15) is 10.4 Å². The molecule has 0 aliphatic carbocycles. The van der Waals surface area contributed by atoms with E-state index in [0.717, 1.165) is 11.4 Å². The third-order valence-electron chi connectivity index (χ3n) is 6.50. The Morgan fingerprint density at radius 1 is 1.17 bits per heavy atom. The van der Waals surface area contributed by atoms with Gasteiger partial charge in [0.2, 0.25) is 11.8 Å². The van der Waals surface area contributed by atoms with Crippen molar-refractivity contribution in [2.24, 2.45) is 5.92 Å². The van der Waals surface area contributed by atoms with Gasteiger partial charge in [0.05, 0.1) is 24.9 Å². The van der Waals surface area contributed by atoms with Crippen molar-refractivity contribution in [3.05, 3.63) is 48.8 Å². The molecule has 2 amide bonds. The molecule has 2 aliphatic heterocycles. The lowest BCUT2D eigenvalue weighted by Crippen LogP contribution is -2.59. The van der Waals surface area contributed by atoms with Crippen LogP contribution < -0.4 is 9.64 Å². The maximum atomic E-state index is 12.7. The number of nitrogens with zero attached hydrogens (tertiary/aromatic N) is 8. The van der Waals surface area contributed by atoms with Crippen LogP contribution in [0.1, 0.15) is 5.56 Å². The number of carbonyl (C=O) groups excluding carboxylic acids is 2. The smallest absolute Gasteiger partial charge is 0.246 e. The van der Waals surface area contributed by atoms with Gasteiger partial charge in [0.25, 0.3) is 0 Å². The summed E-state index contributed by atoms with van der Waals surface area (Å²) in [4.78, 5) is 29.9. The van der Waals surface area contributed by atoms with Gasteiger partial charge in [0.1, 0.15) is 22.9 Å². The molecule has 0 saturated carbocycles. The summed E-state index contributed by atoms with van der Waals surface area (Å²) >= 11 is 0. The summed E-state index contributed by atoms with van der Waals surface area (Å²) in [6, 6.07) is 7.73. The van der Waals surface area contributed by atoms with Gasteiger partial charge in [-0.15, -0.1) is 10.2 Å². The zero-order valence-corrected chi connectivity index (χ0v) is 19.3. The van der Waals surface area contributed by atoms with Crippen LogP contribution in [0.15, 0.2) is 43.2 Å². The van der Waals surface area contributed by atoms with E-state index in [0.29, 0.717) is 61.8 Å². The van der Waals surface area contributed by atoms with Crippen molar-refractivity contribution in [3.8, 4) is 23.1 Å². The quantitative estimate of drug-likeness (QED) is 0.504. The molecular weight excluding hydrogens is 448 g/mol. The Kier molecular flexibility index (Phi) is 5.78. The average Bonchev–Trinajstić information content (AvgIpc) is 3.30. The van der Waals surface area contributed by atoms with Crippen molar-refractivity contribution < 1.29 is 14.3 Å². The zero-order valence-electron chi connectivity index (χ0n) is 19.3. The largest absolute Gasteiger partial charge is 0.494 e. The first-order valence-electron chi connectivity index (χ1n) is 11.3. The predicted octanol–water partition coefficient (Wildman–Crippen LogP) is 0.965. The summed E-state index contributed by atoms with van der Waals surface area (Å²) in [6.45, 7) is 6.92. The number of ether oxygens (including phenoxy) is 1. The van der Waals surface area contributed by atoms with E-state index in [1.54, 1.807) is 22.7 Å². The van der Waals surface area contributed by atoms with Crippen molar-refractivity contribution in [2.45, 2.75) is 0 Å². The van der Waals surface area contributed by atoms with Gasteiger partial charge >= 0.3 is 0 Å². The third kappa shape index (κ3) is 4.03. The van der Waals surface area contributed by atoms with Gasteiger partial charge in [-0.1, -0.05) is 6.58 Å². The second kappa shape index (κ2) is 9.06. The molecule has 0 radical (unpaired) electrons. The highest BCUT2D eigenvalue weighted by atomic mass is 16.5. The maximum absolute atomic E-state index is 12.7. The number of fused-ring (bicyclic) bond motifs is 1. The lowest BCUT2D eigenvalue weighted by Gasteiger charge is -2.42. The maximum Gasteiger partial charge on any atom is 0.246 e. The fourth-order valence-corrected chi connectivity index (χ4v) is 4.47. The van der Waals surface area contributed by atoms with Crippen LogP contribution >= 0.6 is 0 Å². The molecule has 2 aliphatic rings. The molecule has 0 aromatic carbocycles. The number of methoxy groups -OCH3 is 1. The highest BCUT2D eigenvalue weighted by Gasteiger charge is 2.37. The van der Waals surface area contributed by atoms with Crippen molar-refractivity contribution in [1.82, 2.24) is 29.6 Å². The van der Waals surface area contributed by atoms with Crippen molar-refractivity contribution in [3.63, 3.8) is 0 Å². The fraction of sp³-hybridized carbons (Fsp3) is 0.333. The van der Waals surface area contributed by atoms with Gasteiger partial charge in [-0.25, -0.2) is 4.52 Å². The van der Waals surface area contributed by atoms with Gasteiger partial charge in [0.15, 0.2) is 5.82 Å². The van der Waals surface area contributed by atoms with Crippen molar-refractivity contribution in [2.75, 3.05) is 51.3 Å². The topological polar surface area (TPSA) is 120 Å². The molecule has 3 aromatic heterocycles. The van der Waals surface area contributed by atoms with Crippen LogP contribution in [0.25, 0.3) is 16.8 Å². The molecule has 3 aromatic rings. The van der Waals surface area contributed by atoms with Gasteiger partial charge in [-0.05, 0) is 24.3 Å². The summed E-state index contributed by atoms with van der Waals surface area (Å²) in [5.41, 5.74) is 2.46. The number of piperazine rings is 1. The minimum absolute atomic E-state index is 0.0988. The van der Waals surface area contributed by atoms with E-state index >= 15 is 0 Å². The van der Waals surface area contributed by atoms with E-state index in [4.69, 9.17) is 4.74 Å². The highest BCUT2D eigenvalue weighted by Crippen LogP contribution is 2.29. The number of hydrogen-bond donors (Lipinski definition) is 0. The Hall–Kier alpha value is -4.46. The van der Waals surface area contributed by atoms with Crippen LogP contribution in [0, 0.1) is 17.2 Å². The first kappa shape index (κ1) is 22.3. The Balaban J connectivity index is 1.23. The summed E-state index contributed by atoms with van der Waals surface area (Å²) in [7, 11) is 1.55. The van der Waals surface area contributed by atoms with Crippen LogP contribution in [-0.4, -0.2) is 87.8 Å². The van der Waals surface area contributed by atoms with Crippen LogP contribution in [0.2, 0.25) is 0 Å². The third-order valence-corrected chi connectivity index (χ3v) is 6.50. The van der Waals surface area contributed by atoms with Crippen LogP contribution in [0.5, 0.6) is 5.75 Å². The van der Waals surface area contributed by atoms with E-state index in [9.17, 15) is 14.9 Å². The molecular formula is C24H24N8O3. The van der Waals surface area contributed by atoms with Crippen molar-refractivity contribution in [1.29, 1.82) is 5.26 Å². The number of nitriles is 1. The SMILES string of the molecule is C=CC(=O)N1CC(C(=O)N2CCN(c3ccc(-c4cc(OC)c5c(C#N)cnn5c4)nn3)CC2)C1. The Bertz CT molecular complexity index is 1330. The van der Waals surface area contributed by atoms with Gasteiger partial charge in [-0.3, -0.25) is 9.59 Å². The summed E-state index contributed by atoms with van der Waals surface area (Å²) in [5, 5.41) is 22.3. The minimum Gasteiger partial charge on any atom is -0.494 e. The predicted molar refractivity (Wildman–Crippen MR) is 127 cm³/mol. The number of aromatic nitrogens is 4. The lowest BCUT2D eigenvalue weighted by molar-refractivity contribution is -0.146. The summed E-state index contributed by atoms with van der Waals surface area (Å²) in [6.07, 6.45) is 4.57. The van der Waals surface area contributed by atoms with E-state index < -0.39 is 0 Å². The van der Waals surface area contributed by atoms with E-state index in [1.807, 2.05) is 23.1 Å². The van der Waals surface area contributed by atoms with Crippen molar-refractivity contribution >= 4 is 23.1 Å². The number of pyridine rings is 1. The van der Waals surface area contributed by atoms with E-state index in [-0.39, 0.29) is 17.7 Å². The standard InChI is InChI=1S/C24H24N8O3/c1-3-22(33)31-13-18(14-31)24(34)30-8-6-29(7-9-30)21-5-4-19(27-28-21)16-10-20(35-2)23-17(11-25)12-26-32(23)15-16/h3-5,10,12,15,18H,1,6-9,13-14H2,2H3. The minimum atomic E-state index is -0.129. The Morgan fingerprint density at radius 2 is 1.94 bits per heavy atom. The number of hydrogen-bond acceptors (Lipinski definition) is 8. The number of carbonyl (C=O) groups is 2. The van der Waals surface area contributed by atoms with E-state index in [1.165, 1.54) is 12.3 Å². The molecule has 0 atom stereocenters. The molecule has 2 fully saturated rings. The Labute approximate surface area is 201 Å². The molecule has 11 nitrogen and oxygen atoms in total. The molecule has 0 unspecified atom stereocenters. The van der Waals surface area contributed by atoms with Crippen LogP contribution in [0.3, 0.4) is 0 Å². The molecule has 35 heavy (non-hydrogen) atoms. The molecule has 5 rings (SSSR count). The summed E-state index contributed by atoms with van der Waals surface area (Å²) < 4.78 is 7.07. The molecule has 0 N–H and O–H groups in total. The fourth-order valence-electron chi connectivity index (χ4n) is 4.47. The number of rotatable bonds is 5. The lowest BCUT2D eigenvalue weighted by atomic mass is 9.98. The van der Waals surface area contributed by atoms with Crippen LogP contribution in [0.4, 0.5) is 5.82 Å². The zero-order chi connectivity index (χ0) is 24.5. The molecule has 178 valence electrons. The monoisotopic (exact) mass is 472 g/mol. The number of anilines is 1. The van der Waals surface area contributed by atoms with Gasteiger partial charge in [0, 0.05) is 51.0 Å². The normalized spacial score (nSPS) is 16.1.